The summed E-state index contributed by atoms with van der Waals surface area (Å²) in [6.45, 7) is 1.85. The Labute approximate surface area is 152 Å². The van der Waals surface area contributed by atoms with Crippen LogP contribution in [0.1, 0.15) is 22.0 Å². The number of carbonyl (C=O) groups excluding carboxylic acids is 1. The minimum absolute atomic E-state index is 0.146. The normalized spacial score (nSPS) is 18.2. The van der Waals surface area contributed by atoms with E-state index in [-0.39, 0.29) is 16.8 Å². The van der Waals surface area contributed by atoms with Gasteiger partial charge >= 0.3 is 0 Å². The molecule has 0 saturated carbocycles. The molecule has 2 aromatic carbocycles. The number of benzene rings is 2. The van der Waals surface area contributed by atoms with Crippen LogP contribution in [-0.4, -0.2) is 45.1 Å². The van der Waals surface area contributed by atoms with Gasteiger partial charge in [-0.15, -0.1) is 0 Å². The maximum Gasteiger partial charge on any atom is 0.254 e. The molecule has 1 heterocycles. The van der Waals surface area contributed by atoms with E-state index in [0.29, 0.717) is 30.2 Å². The number of amides is 1. The van der Waals surface area contributed by atoms with Crippen LogP contribution in [0.15, 0.2) is 53.4 Å². The summed E-state index contributed by atoms with van der Waals surface area (Å²) in [6.07, 6.45) is 1.14. The van der Waals surface area contributed by atoms with Crippen LogP contribution in [0.3, 0.4) is 0 Å². The van der Waals surface area contributed by atoms with Crippen molar-refractivity contribution in [3.8, 4) is 0 Å². The van der Waals surface area contributed by atoms with Gasteiger partial charge in [0.2, 0.25) is 0 Å². The predicted molar refractivity (Wildman–Crippen MR) is 97.7 cm³/mol. The molecule has 25 heavy (non-hydrogen) atoms. The van der Waals surface area contributed by atoms with Gasteiger partial charge in [0, 0.05) is 36.5 Å². The lowest BCUT2D eigenvalue weighted by Crippen LogP contribution is -2.48. The Bertz CT molecular complexity index is 899. The first kappa shape index (κ1) is 17.9. The van der Waals surface area contributed by atoms with Crippen LogP contribution in [0.25, 0.3) is 0 Å². The van der Waals surface area contributed by atoms with Gasteiger partial charge in [0.05, 0.1) is 10.9 Å². The van der Waals surface area contributed by atoms with E-state index in [1.54, 1.807) is 23.1 Å². The van der Waals surface area contributed by atoms with E-state index in [4.69, 9.17) is 11.6 Å². The minimum atomic E-state index is -3.36. The van der Waals surface area contributed by atoms with Gasteiger partial charge in [-0.1, -0.05) is 29.8 Å². The Kier molecular flexibility index (Phi) is 5.13. The summed E-state index contributed by atoms with van der Waals surface area (Å²) < 4.78 is 23.5. The number of piperazine rings is 1. The summed E-state index contributed by atoms with van der Waals surface area (Å²) in [7, 11) is -3.36. The standard InChI is InChI=1S/C18H19ClN2O3S/c1-25(23,24)16-7-3-5-14(11-16)18(22)21-9-8-20-12-17(21)13-4-2-6-15(19)10-13/h2-7,10-11,17,20H,8-9,12H2,1H3. The molecule has 0 aromatic heterocycles. The summed E-state index contributed by atoms with van der Waals surface area (Å²) in [5, 5.41) is 3.91. The van der Waals surface area contributed by atoms with Crippen molar-refractivity contribution in [3.63, 3.8) is 0 Å². The SMILES string of the molecule is CS(=O)(=O)c1cccc(C(=O)N2CCNCC2c2cccc(Cl)c2)c1. The van der Waals surface area contributed by atoms with Crippen molar-refractivity contribution < 1.29 is 13.2 Å². The zero-order chi connectivity index (χ0) is 18.0. The lowest BCUT2D eigenvalue weighted by Gasteiger charge is -2.36. The highest BCUT2D eigenvalue weighted by Gasteiger charge is 2.29. The second kappa shape index (κ2) is 7.15. The Hall–Kier alpha value is -1.89. The van der Waals surface area contributed by atoms with Gasteiger partial charge in [-0.3, -0.25) is 4.79 Å². The Morgan fingerprint density at radius 3 is 2.68 bits per heavy atom. The van der Waals surface area contributed by atoms with Gasteiger partial charge in [0.15, 0.2) is 9.84 Å². The molecule has 3 rings (SSSR count). The largest absolute Gasteiger partial charge is 0.329 e. The summed E-state index contributed by atoms with van der Waals surface area (Å²) in [5.41, 5.74) is 1.32. The highest BCUT2D eigenvalue weighted by atomic mass is 35.5. The van der Waals surface area contributed by atoms with Crippen molar-refractivity contribution in [2.24, 2.45) is 0 Å². The third kappa shape index (κ3) is 4.03. The lowest BCUT2D eigenvalue weighted by atomic mass is 10.0. The van der Waals surface area contributed by atoms with Gasteiger partial charge in [0.25, 0.3) is 5.91 Å². The molecule has 1 unspecified atom stereocenters. The Morgan fingerprint density at radius 2 is 1.96 bits per heavy atom. The van der Waals surface area contributed by atoms with Crippen molar-refractivity contribution in [1.29, 1.82) is 0 Å². The van der Waals surface area contributed by atoms with Crippen molar-refractivity contribution in [2.75, 3.05) is 25.9 Å². The van der Waals surface area contributed by atoms with E-state index in [0.717, 1.165) is 11.8 Å². The number of carbonyl (C=O) groups is 1. The van der Waals surface area contributed by atoms with E-state index < -0.39 is 9.84 Å². The molecule has 132 valence electrons. The molecule has 0 radical (unpaired) electrons. The Morgan fingerprint density at radius 1 is 1.20 bits per heavy atom. The van der Waals surface area contributed by atoms with Crippen LogP contribution < -0.4 is 5.32 Å². The van der Waals surface area contributed by atoms with Crippen LogP contribution in [0, 0.1) is 0 Å². The number of nitrogens with one attached hydrogen (secondary N) is 1. The average molecular weight is 379 g/mol. The first-order chi connectivity index (χ1) is 11.9. The smallest absolute Gasteiger partial charge is 0.254 e. The van der Waals surface area contributed by atoms with E-state index in [1.807, 2.05) is 18.2 Å². The molecule has 1 amide bonds. The fraction of sp³-hybridized carbons (Fsp3) is 0.278. The van der Waals surface area contributed by atoms with Gasteiger partial charge in [-0.25, -0.2) is 8.42 Å². The van der Waals surface area contributed by atoms with Crippen molar-refractivity contribution in [2.45, 2.75) is 10.9 Å². The molecule has 2 aromatic rings. The van der Waals surface area contributed by atoms with Crippen LogP contribution in [0.4, 0.5) is 0 Å². The van der Waals surface area contributed by atoms with Gasteiger partial charge in [0.1, 0.15) is 0 Å². The number of rotatable bonds is 3. The molecule has 1 atom stereocenters. The molecule has 1 N–H and O–H groups in total. The topological polar surface area (TPSA) is 66.5 Å². The molecule has 1 aliphatic heterocycles. The lowest BCUT2D eigenvalue weighted by molar-refractivity contribution is 0.0634. The monoisotopic (exact) mass is 378 g/mol. The molecule has 0 spiro atoms. The zero-order valence-electron chi connectivity index (χ0n) is 13.8. The molecule has 0 bridgehead atoms. The van der Waals surface area contributed by atoms with Crippen molar-refractivity contribution in [3.05, 3.63) is 64.7 Å². The quantitative estimate of drug-likeness (QED) is 0.891. The molecule has 7 heteroatoms. The summed E-state index contributed by atoms with van der Waals surface area (Å²) in [4.78, 5) is 14.9. The van der Waals surface area contributed by atoms with Crippen molar-refractivity contribution >= 4 is 27.3 Å². The van der Waals surface area contributed by atoms with Gasteiger partial charge in [-0.2, -0.15) is 0 Å². The van der Waals surface area contributed by atoms with E-state index in [2.05, 4.69) is 5.32 Å². The average Bonchev–Trinajstić information content (AvgIpc) is 2.60. The van der Waals surface area contributed by atoms with Gasteiger partial charge in [-0.05, 0) is 35.9 Å². The number of sulfone groups is 1. The number of hydrogen-bond donors (Lipinski definition) is 1. The highest BCUT2D eigenvalue weighted by molar-refractivity contribution is 7.90. The predicted octanol–water partition coefficient (Wildman–Crippen LogP) is 2.53. The fourth-order valence-electron chi connectivity index (χ4n) is 2.98. The summed E-state index contributed by atoms with van der Waals surface area (Å²) in [6, 6.07) is 13.5. The van der Waals surface area contributed by atoms with Crippen LogP contribution in [-0.2, 0) is 9.84 Å². The molecule has 1 saturated heterocycles. The maximum atomic E-state index is 13.0. The molecule has 1 aliphatic rings. The first-order valence-electron chi connectivity index (χ1n) is 7.93. The number of nitrogens with zero attached hydrogens (tertiary/aromatic N) is 1. The number of halogens is 1. The van der Waals surface area contributed by atoms with E-state index in [1.165, 1.54) is 12.1 Å². The molecular weight excluding hydrogens is 360 g/mol. The second-order valence-electron chi connectivity index (χ2n) is 6.07. The third-order valence-corrected chi connectivity index (χ3v) is 5.59. The zero-order valence-corrected chi connectivity index (χ0v) is 15.3. The summed E-state index contributed by atoms with van der Waals surface area (Å²) >= 11 is 6.09. The first-order valence-corrected chi connectivity index (χ1v) is 10.2. The Balaban J connectivity index is 1.94. The molecule has 5 nitrogen and oxygen atoms in total. The second-order valence-corrected chi connectivity index (χ2v) is 8.53. The molecule has 0 aliphatic carbocycles. The van der Waals surface area contributed by atoms with E-state index >= 15 is 0 Å². The van der Waals surface area contributed by atoms with Crippen LogP contribution >= 0.6 is 11.6 Å². The summed E-state index contributed by atoms with van der Waals surface area (Å²) in [5.74, 6) is -0.183. The molecule has 1 fully saturated rings. The van der Waals surface area contributed by atoms with Gasteiger partial charge < -0.3 is 10.2 Å². The maximum absolute atomic E-state index is 13.0. The number of hydrogen-bond acceptors (Lipinski definition) is 4. The fourth-order valence-corrected chi connectivity index (χ4v) is 3.85. The molecular formula is C18H19ClN2O3S. The minimum Gasteiger partial charge on any atom is -0.329 e. The van der Waals surface area contributed by atoms with Crippen molar-refractivity contribution in [1.82, 2.24) is 10.2 Å². The third-order valence-electron chi connectivity index (χ3n) is 4.25. The highest BCUT2D eigenvalue weighted by Crippen LogP contribution is 2.26. The van der Waals surface area contributed by atoms with Crippen LogP contribution in [0.5, 0.6) is 0 Å². The van der Waals surface area contributed by atoms with E-state index in [9.17, 15) is 13.2 Å². The van der Waals surface area contributed by atoms with Crippen LogP contribution in [0.2, 0.25) is 5.02 Å².